The van der Waals surface area contributed by atoms with E-state index in [0.717, 1.165) is 31.7 Å². The largest absolute Gasteiger partial charge is 0.331 e. The van der Waals surface area contributed by atoms with Crippen LogP contribution in [0.25, 0.3) is 0 Å². The number of carbonyl (C=O) groups is 1. The van der Waals surface area contributed by atoms with Gasteiger partial charge in [-0.1, -0.05) is 0 Å². The van der Waals surface area contributed by atoms with Crippen molar-refractivity contribution in [1.82, 2.24) is 19.4 Å². The summed E-state index contributed by atoms with van der Waals surface area (Å²) >= 11 is 1.52. The molecule has 0 unspecified atom stereocenters. The van der Waals surface area contributed by atoms with Gasteiger partial charge in [-0.25, -0.2) is 4.98 Å². The molecule has 0 aliphatic carbocycles. The Labute approximate surface area is 150 Å². The Balaban J connectivity index is 1.59. The molecule has 0 radical (unpaired) electrons. The minimum Gasteiger partial charge on any atom is -0.331 e. The molecular formula is C18H22N4O2S. The van der Waals surface area contributed by atoms with E-state index in [4.69, 9.17) is 4.98 Å². The number of rotatable bonds is 3. The first-order chi connectivity index (χ1) is 12.2. The normalized spacial score (nSPS) is 18.2. The van der Waals surface area contributed by atoms with E-state index < -0.39 is 0 Å². The number of aromatic nitrogens is 2. The van der Waals surface area contributed by atoms with Crippen LogP contribution >= 0.6 is 11.3 Å². The van der Waals surface area contributed by atoms with Crippen LogP contribution in [-0.2, 0) is 19.6 Å². The van der Waals surface area contributed by atoms with Gasteiger partial charge in [-0.3, -0.25) is 19.1 Å². The maximum absolute atomic E-state index is 12.7. The van der Waals surface area contributed by atoms with E-state index in [2.05, 4.69) is 4.90 Å². The Bertz CT molecular complexity index is 809. The van der Waals surface area contributed by atoms with Crippen LogP contribution in [0.3, 0.4) is 0 Å². The Hall–Kier alpha value is -1.99. The first kappa shape index (κ1) is 16.5. The molecular weight excluding hydrogens is 336 g/mol. The second-order valence-corrected chi connectivity index (χ2v) is 7.51. The van der Waals surface area contributed by atoms with Crippen molar-refractivity contribution >= 4 is 17.2 Å². The number of carbonyl (C=O) groups excluding carboxylic acids is 1. The molecule has 1 fully saturated rings. The molecule has 1 saturated heterocycles. The quantitative estimate of drug-likeness (QED) is 0.841. The number of fused-ring (bicyclic) bond motifs is 1. The first-order valence-corrected chi connectivity index (χ1v) is 9.78. The fourth-order valence-electron chi connectivity index (χ4n) is 3.63. The van der Waals surface area contributed by atoms with Gasteiger partial charge in [0, 0.05) is 31.1 Å². The minimum absolute atomic E-state index is 0.00373. The molecule has 132 valence electrons. The summed E-state index contributed by atoms with van der Waals surface area (Å²) in [6.45, 7) is 4.54. The van der Waals surface area contributed by atoms with Crippen molar-refractivity contribution in [2.75, 3.05) is 19.6 Å². The molecule has 0 N–H and O–H groups in total. The van der Waals surface area contributed by atoms with E-state index in [1.165, 1.54) is 24.2 Å². The third-order valence-corrected chi connectivity index (χ3v) is 5.61. The molecule has 4 heterocycles. The summed E-state index contributed by atoms with van der Waals surface area (Å²) in [5.41, 5.74) is 1.54. The monoisotopic (exact) mass is 358 g/mol. The Morgan fingerprint density at radius 2 is 2.00 bits per heavy atom. The van der Waals surface area contributed by atoms with Crippen molar-refractivity contribution in [3.63, 3.8) is 0 Å². The van der Waals surface area contributed by atoms with Crippen LogP contribution in [0.5, 0.6) is 0 Å². The van der Waals surface area contributed by atoms with Gasteiger partial charge in [-0.05, 0) is 43.8 Å². The lowest BCUT2D eigenvalue weighted by molar-refractivity contribution is 0.0744. The molecule has 0 spiro atoms. The second-order valence-electron chi connectivity index (χ2n) is 6.73. The topological polar surface area (TPSA) is 58.4 Å². The van der Waals surface area contributed by atoms with Gasteiger partial charge in [0.1, 0.15) is 5.82 Å². The number of nitrogens with zero attached hydrogens (tertiary/aromatic N) is 4. The highest BCUT2D eigenvalue weighted by atomic mass is 32.1. The smallest absolute Gasteiger partial charge is 0.255 e. The summed E-state index contributed by atoms with van der Waals surface area (Å²) in [5, 5.41) is 3.79. The van der Waals surface area contributed by atoms with Gasteiger partial charge in [0.2, 0.25) is 0 Å². The first-order valence-electron chi connectivity index (χ1n) is 8.84. The summed E-state index contributed by atoms with van der Waals surface area (Å²) in [5.74, 6) is 0.733. The third-order valence-electron chi connectivity index (χ3n) is 4.92. The molecule has 2 aromatic rings. The Kier molecular flexibility index (Phi) is 4.67. The molecule has 6 nitrogen and oxygen atoms in total. The van der Waals surface area contributed by atoms with Gasteiger partial charge in [0.25, 0.3) is 11.5 Å². The predicted molar refractivity (Wildman–Crippen MR) is 96.7 cm³/mol. The van der Waals surface area contributed by atoms with Crippen molar-refractivity contribution in [1.29, 1.82) is 0 Å². The van der Waals surface area contributed by atoms with Gasteiger partial charge >= 0.3 is 0 Å². The number of amides is 1. The van der Waals surface area contributed by atoms with Crippen LogP contribution in [0.2, 0.25) is 0 Å². The maximum Gasteiger partial charge on any atom is 0.255 e. The zero-order valence-corrected chi connectivity index (χ0v) is 15.0. The van der Waals surface area contributed by atoms with Gasteiger partial charge < -0.3 is 4.90 Å². The molecule has 0 aromatic carbocycles. The van der Waals surface area contributed by atoms with Crippen LogP contribution in [0.15, 0.2) is 27.7 Å². The summed E-state index contributed by atoms with van der Waals surface area (Å²) in [4.78, 5) is 34.1. The fraction of sp³-hybridized carbons (Fsp3) is 0.500. The van der Waals surface area contributed by atoms with Crippen LogP contribution in [0.1, 0.15) is 41.1 Å². The molecule has 7 heteroatoms. The highest BCUT2D eigenvalue weighted by Gasteiger charge is 2.23. The van der Waals surface area contributed by atoms with E-state index in [1.54, 1.807) is 10.6 Å². The average molecular weight is 358 g/mol. The van der Waals surface area contributed by atoms with Crippen molar-refractivity contribution in [2.24, 2.45) is 0 Å². The molecule has 0 saturated carbocycles. The Morgan fingerprint density at radius 1 is 1.16 bits per heavy atom. The van der Waals surface area contributed by atoms with Gasteiger partial charge in [0.05, 0.1) is 17.8 Å². The molecule has 4 rings (SSSR count). The number of hydrogen-bond acceptors (Lipinski definition) is 5. The maximum atomic E-state index is 12.7. The second kappa shape index (κ2) is 7.09. The van der Waals surface area contributed by atoms with Crippen LogP contribution < -0.4 is 5.56 Å². The molecule has 25 heavy (non-hydrogen) atoms. The zero-order valence-electron chi connectivity index (χ0n) is 14.2. The van der Waals surface area contributed by atoms with Gasteiger partial charge in [-0.2, -0.15) is 11.3 Å². The SMILES string of the molecule is O=C(c1ccsc1)N1CCCn2c(nc(CN3CCCC3)cc2=O)C1. The molecule has 1 amide bonds. The van der Waals surface area contributed by atoms with Crippen LogP contribution in [0, 0.1) is 0 Å². The summed E-state index contributed by atoms with van der Waals surface area (Å²) in [6, 6.07) is 3.51. The van der Waals surface area contributed by atoms with E-state index >= 15 is 0 Å². The summed E-state index contributed by atoms with van der Waals surface area (Å²) in [7, 11) is 0. The lowest BCUT2D eigenvalue weighted by atomic mass is 10.2. The lowest BCUT2D eigenvalue weighted by Gasteiger charge is -2.20. The molecule has 2 aliphatic rings. The van der Waals surface area contributed by atoms with Gasteiger partial charge in [0.15, 0.2) is 0 Å². The van der Waals surface area contributed by atoms with Crippen LogP contribution in [0.4, 0.5) is 0 Å². The van der Waals surface area contributed by atoms with E-state index in [0.29, 0.717) is 31.0 Å². The van der Waals surface area contributed by atoms with Crippen molar-refractivity contribution in [3.8, 4) is 0 Å². The molecule has 2 aliphatic heterocycles. The van der Waals surface area contributed by atoms with E-state index in [9.17, 15) is 9.59 Å². The standard InChI is InChI=1S/C18H22N4O2S/c23-17-10-15(11-20-5-1-2-6-20)19-16-12-21(7-3-8-22(16)17)18(24)14-4-9-25-13-14/h4,9-10,13H,1-3,5-8,11-12H2. The van der Waals surface area contributed by atoms with Gasteiger partial charge in [-0.15, -0.1) is 0 Å². The Morgan fingerprint density at radius 3 is 2.76 bits per heavy atom. The highest BCUT2D eigenvalue weighted by molar-refractivity contribution is 7.08. The van der Waals surface area contributed by atoms with E-state index in [-0.39, 0.29) is 11.5 Å². The molecule has 0 bridgehead atoms. The van der Waals surface area contributed by atoms with Crippen molar-refractivity contribution < 1.29 is 4.79 Å². The third kappa shape index (κ3) is 3.52. The average Bonchev–Trinajstić information content (AvgIpc) is 3.25. The predicted octanol–water partition coefficient (Wildman–Crippen LogP) is 1.95. The summed E-state index contributed by atoms with van der Waals surface area (Å²) in [6.07, 6.45) is 3.20. The number of likely N-dealkylation sites (tertiary alicyclic amines) is 1. The highest BCUT2D eigenvalue weighted by Crippen LogP contribution is 2.16. The van der Waals surface area contributed by atoms with Crippen LogP contribution in [-0.4, -0.2) is 44.9 Å². The van der Waals surface area contributed by atoms with E-state index in [1.807, 2.05) is 21.7 Å². The van der Waals surface area contributed by atoms with Crippen molar-refractivity contribution in [3.05, 3.63) is 50.3 Å². The molecule has 0 atom stereocenters. The zero-order chi connectivity index (χ0) is 17.2. The molecule has 2 aromatic heterocycles. The van der Waals surface area contributed by atoms with Crippen molar-refractivity contribution in [2.45, 2.75) is 38.9 Å². The number of thiophene rings is 1. The fourth-order valence-corrected chi connectivity index (χ4v) is 4.26. The summed E-state index contributed by atoms with van der Waals surface area (Å²) < 4.78 is 1.73. The lowest BCUT2D eigenvalue weighted by Crippen LogP contribution is -2.32. The minimum atomic E-state index is 0.00373. The number of hydrogen-bond donors (Lipinski definition) is 0.